The van der Waals surface area contributed by atoms with Crippen molar-refractivity contribution in [3.63, 3.8) is 0 Å². The first-order valence-electron chi connectivity index (χ1n) is 11.2. The molecule has 0 aliphatic carbocycles. The molecule has 3 heteroatoms. The van der Waals surface area contributed by atoms with Gasteiger partial charge in [-0.2, -0.15) is 0 Å². The van der Waals surface area contributed by atoms with Crippen LogP contribution >= 0.6 is 11.8 Å². The first kappa shape index (κ1) is 21.4. The van der Waals surface area contributed by atoms with Crippen LogP contribution in [0.4, 0.5) is 0 Å². The van der Waals surface area contributed by atoms with E-state index in [4.69, 9.17) is 0 Å². The highest BCUT2D eigenvalue weighted by molar-refractivity contribution is 8.01. The van der Waals surface area contributed by atoms with Crippen LogP contribution in [0.5, 0.6) is 0 Å². The average Bonchev–Trinajstić information content (AvgIpc) is 3.30. The molecule has 1 saturated heterocycles. The summed E-state index contributed by atoms with van der Waals surface area (Å²) in [5, 5.41) is -0.459. The third-order valence-electron chi connectivity index (χ3n) is 6.32. The van der Waals surface area contributed by atoms with Gasteiger partial charge in [-0.25, -0.2) is 0 Å². The van der Waals surface area contributed by atoms with Crippen molar-refractivity contribution in [1.29, 1.82) is 0 Å². The number of carbonyl (C=O) groups is 2. The minimum atomic E-state index is -0.349. The molecule has 33 heavy (non-hydrogen) atoms. The summed E-state index contributed by atoms with van der Waals surface area (Å²) in [5.41, 5.74) is 3.50. The lowest BCUT2D eigenvalue weighted by molar-refractivity contribution is 0.0890. The Morgan fingerprint density at radius 3 is 1.45 bits per heavy atom. The van der Waals surface area contributed by atoms with Crippen molar-refractivity contribution in [2.75, 3.05) is 0 Å². The lowest BCUT2D eigenvalue weighted by Gasteiger charge is -2.25. The lowest BCUT2D eigenvalue weighted by Crippen LogP contribution is -2.29. The maximum Gasteiger partial charge on any atom is 0.176 e. The second kappa shape index (κ2) is 9.60. The number of benzene rings is 4. The van der Waals surface area contributed by atoms with Gasteiger partial charge in [-0.3, -0.25) is 9.59 Å². The summed E-state index contributed by atoms with van der Waals surface area (Å²) in [5.74, 6) is -0.394. The molecule has 1 aliphatic heterocycles. The number of thioether (sulfide) groups is 1. The van der Waals surface area contributed by atoms with Gasteiger partial charge in [0.2, 0.25) is 0 Å². The van der Waals surface area contributed by atoms with E-state index in [0.29, 0.717) is 11.1 Å². The van der Waals surface area contributed by atoms with Crippen molar-refractivity contribution in [2.24, 2.45) is 5.92 Å². The van der Waals surface area contributed by atoms with Crippen LogP contribution in [0.1, 0.15) is 43.0 Å². The van der Waals surface area contributed by atoms with Crippen molar-refractivity contribution < 1.29 is 9.59 Å². The summed E-state index contributed by atoms with van der Waals surface area (Å²) in [7, 11) is 0. The van der Waals surface area contributed by atoms with E-state index in [1.807, 2.05) is 97.1 Å². The normalized spacial score (nSPS) is 22.1. The Labute approximate surface area is 198 Å². The Morgan fingerprint density at radius 1 is 0.515 bits per heavy atom. The van der Waals surface area contributed by atoms with Crippen LogP contribution in [-0.2, 0) is 0 Å². The molecule has 1 fully saturated rings. The first-order valence-corrected chi connectivity index (χ1v) is 12.1. The highest BCUT2D eigenvalue weighted by atomic mass is 32.2. The van der Waals surface area contributed by atoms with Crippen LogP contribution in [0.2, 0.25) is 0 Å². The zero-order valence-corrected chi connectivity index (χ0v) is 18.9. The van der Waals surface area contributed by atoms with Crippen molar-refractivity contribution >= 4 is 23.3 Å². The van der Waals surface area contributed by atoms with Crippen molar-refractivity contribution in [2.45, 2.75) is 16.4 Å². The Bertz CT molecular complexity index is 1220. The maximum absolute atomic E-state index is 14.0. The van der Waals surface area contributed by atoms with Crippen LogP contribution < -0.4 is 0 Å². The molecule has 162 valence electrons. The Kier molecular flexibility index (Phi) is 6.23. The van der Waals surface area contributed by atoms with E-state index in [1.165, 1.54) is 0 Å². The zero-order valence-electron chi connectivity index (χ0n) is 18.1. The standard InChI is InChI=1S/C30H24O2S/c31-27(22-15-7-2-8-16-22)26-25(21-13-5-1-6-14-21)30(28(32)23-17-9-3-10-18-23)33-29(26)24-19-11-4-12-20-24/h1-20,25-26,29-30H/t25-,26+,29+,30-/m1/s1. The van der Waals surface area contributed by atoms with Gasteiger partial charge in [0.05, 0.1) is 5.25 Å². The number of hydrogen-bond donors (Lipinski definition) is 0. The van der Waals surface area contributed by atoms with Gasteiger partial charge >= 0.3 is 0 Å². The molecule has 0 radical (unpaired) electrons. The van der Waals surface area contributed by atoms with E-state index in [1.54, 1.807) is 11.8 Å². The van der Waals surface area contributed by atoms with Gasteiger partial charge in [-0.1, -0.05) is 121 Å². The second-order valence-corrected chi connectivity index (χ2v) is 9.60. The fourth-order valence-corrected chi connectivity index (χ4v) is 6.62. The molecule has 0 amide bonds. The van der Waals surface area contributed by atoms with Crippen LogP contribution in [0.3, 0.4) is 0 Å². The molecule has 1 aliphatic rings. The zero-order chi connectivity index (χ0) is 22.6. The smallest absolute Gasteiger partial charge is 0.176 e. The molecule has 0 saturated carbocycles. The van der Waals surface area contributed by atoms with E-state index in [9.17, 15) is 9.59 Å². The SMILES string of the molecule is O=C(c1ccccc1)[C@@H]1[C@@H](c2ccccc2)[C@H](C(=O)c2ccccc2)S[C@H]1c1ccccc1. The molecule has 5 rings (SSSR count). The highest BCUT2D eigenvalue weighted by Crippen LogP contribution is 2.58. The highest BCUT2D eigenvalue weighted by Gasteiger charge is 2.51. The number of Topliss-reactive ketones (excluding diaryl/α,β-unsaturated/α-hetero) is 2. The largest absolute Gasteiger partial charge is 0.294 e. The Morgan fingerprint density at radius 2 is 0.939 bits per heavy atom. The summed E-state index contributed by atoms with van der Waals surface area (Å²) in [6.07, 6.45) is 0. The molecule has 0 spiro atoms. The minimum Gasteiger partial charge on any atom is -0.294 e. The van der Waals surface area contributed by atoms with Crippen LogP contribution in [0, 0.1) is 5.92 Å². The summed E-state index contributed by atoms with van der Waals surface area (Å²) in [4.78, 5) is 27.8. The first-order chi connectivity index (χ1) is 16.2. The van der Waals surface area contributed by atoms with Crippen molar-refractivity contribution in [3.8, 4) is 0 Å². The number of carbonyl (C=O) groups excluding carboxylic acids is 2. The summed E-state index contributed by atoms with van der Waals surface area (Å²) in [6.45, 7) is 0. The summed E-state index contributed by atoms with van der Waals surface area (Å²) in [6, 6.07) is 39.1. The molecule has 4 atom stereocenters. The molecule has 0 bridgehead atoms. The third kappa shape index (κ3) is 4.29. The molecule has 0 N–H and O–H groups in total. The van der Waals surface area contributed by atoms with Gasteiger partial charge in [-0.15, -0.1) is 11.8 Å². The Hall–Kier alpha value is -3.43. The lowest BCUT2D eigenvalue weighted by atomic mass is 9.75. The van der Waals surface area contributed by atoms with Crippen molar-refractivity contribution in [1.82, 2.24) is 0 Å². The average molecular weight is 449 g/mol. The molecule has 0 aromatic heterocycles. The maximum atomic E-state index is 14.0. The molecule has 4 aromatic carbocycles. The van der Waals surface area contributed by atoms with Crippen molar-refractivity contribution in [3.05, 3.63) is 144 Å². The molecular weight excluding hydrogens is 424 g/mol. The van der Waals surface area contributed by atoms with Gasteiger partial charge in [-0.05, 0) is 11.1 Å². The Balaban J connectivity index is 1.65. The predicted molar refractivity (Wildman–Crippen MR) is 135 cm³/mol. The molecule has 0 unspecified atom stereocenters. The van der Waals surface area contributed by atoms with Gasteiger partial charge in [0.15, 0.2) is 11.6 Å². The molecule has 2 nitrogen and oxygen atoms in total. The fourth-order valence-electron chi connectivity index (χ4n) is 4.78. The number of rotatable bonds is 6. The number of ketones is 2. The topological polar surface area (TPSA) is 34.1 Å². The van der Waals surface area contributed by atoms with E-state index in [2.05, 4.69) is 24.3 Å². The van der Waals surface area contributed by atoms with Crippen LogP contribution in [0.25, 0.3) is 0 Å². The quantitative estimate of drug-likeness (QED) is 0.298. The van der Waals surface area contributed by atoms with E-state index < -0.39 is 0 Å². The fraction of sp³-hybridized carbons (Fsp3) is 0.133. The molecular formula is C30H24O2S. The van der Waals surface area contributed by atoms with Crippen LogP contribution in [0.15, 0.2) is 121 Å². The second-order valence-electron chi connectivity index (χ2n) is 8.31. The molecule has 4 aromatic rings. The predicted octanol–water partition coefficient (Wildman–Crippen LogP) is 7.01. The molecule has 1 heterocycles. The van der Waals surface area contributed by atoms with E-state index >= 15 is 0 Å². The third-order valence-corrected chi connectivity index (χ3v) is 7.98. The van der Waals surface area contributed by atoms with Gasteiger partial charge in [0.25, 0.3) is 0 Å². The van der Waals surface area contributed by atoms with Gasteiger partial charge in [0.1, 0.15) is 0 Å². The van der Waals surface area contributed by atoms with Gasteiger partial charge in [0, 0.05) is 28.2 Å². The van der Waals surface area contributed by atoms with Gasteiger partial charge < -0.3 is 0 Å². The summed E-state index contributed by atoms with van der Waals surface area (Å²) >= 11 is 1.63. The minimum absolute atomic E-state index is 0.0822. The van der Waals surface area contributed by atoms with E-state index in [-0.39, 0.29) is 33.9 Å². The monoisotopic (exact) mass is 448 g/mol. The van der Waals surface area contributed by atoms with E-state index in [0.717, 1.165) is 11.1 Å². The summed E-state index contributed by atoms with van der Waals surface area (Å²) < 4.78 is 0. The number of hydrogen-bond acceptors (Lipinski definition) is 3. The van der Waals surface area contributed by atoms with Crippen LogP contribution in [-0.4, -0.2) is 16.8 Å².